The number of hydrogen-bond acceptors (Lipinski definition) is 4. The molecule has 8 nitrogen and oxygen atoms in total. The highest BCUT2D eigenvalue weighted by Gasteiger charge is 2.30. The fourth-order valence-corrected chi connectivity index (χ4v) is 5.82. The third-order valence-corrected chi connectivity index (χ3v) is 8.18. The molecule has 1 aliphatic carbocycles. The highest BCUT2D eigenvalue weighted by Crippen LogP contribution is 2.36. The van der Waals surface area contributed by atoms with Gasteiger partial charge in [-0.2, -0.15) is 13.2 Å². The molecule has 1 fully saturated rings. The Morgan fingerprint density at radius 1 is 0.739 bits per heavy atom. The number of aromatic carboxylic acids is 1. The molecule has 0 aliphatic heterocycles. The van der Waals surface area contributed by atoms with Gasteiger partial charge in [0.2, 0.25) is 0 Å². The van der Waals surface area contributed by atoms with E-state index < -0.39 is 29.5 Å². The third-order valence-electron chi connectivity index (χ3n) is 8.18. The second-order valence-electron chi connectivity index (χ2n) is 11.2. The second kappa shape index (κ2) is 12.5. The molecule has 0 saturated heterocycles. The van der Waals surface area contributed by atoms with Crippen LogP contribution in [-0.2, 0) is 6.18 Å². The predicted octanol–water partition coefficient (Wildman–Crippen LogP) is 8.43. The average Bonchev–Trinajstić information content (AvgIpc) is 3.44. The van der Waals surface area contributed by atoms with E-state index in [0.29, 0.717) is 22.6 Å². The number of anilines is 2. The van der Waals surface area contributed by atoms with Crippen LogP contribution >= 0.6 is 0 Å². The smallest absolute Gasteiger partial charge is 0.416 e. The summed E-state index contributed by atoms with van der Waals surface area (Å²) in [5, 5.41) is 14.9. The Kier molecular flexibility index (Phi) is 8.31. The fourth-order valence-electron chi connectivity index (χ4n) is 5.82. The van der Waals surface area contributed by atoms with E-state index in [0.717, 1.165) is 61.0 Å². The molecule has 0 spiro atoms. The first-order valence-corrected chi connectivity index (χ1v) is 14.8. The van der Waals surface area contributed by atoms with Gasteiger partial charge in [-0.1, -0.05) is 43.5 Å². The SMILES string of the molecule is O=C(O)c1ccc2c(c1)nc(-c1ccc(C(=O)Nc3ccccc3NC(=O)c3ccc(C(F)(F)F)cc3)cc1)n2C1CCCCC1. The first kappa shape index (κ1) is 30.6. The molecule has 0 radical (unpaired) electrons. The normalized spacial score (nSPS) is 13.8. The minimum absolute atomic E-state index is 0.0307. The number of halogens is 3. The van der Waals surface area contributed by atoms with Gasteiger partial charge in [0.05, 0.1) is 33.5 Å². The first-order valence-electron chi connectivity index (χ1n) is 14.8. The topological polar surface area (TPSA) is 113 Å². The van der Waals surface area contributed by atoms with Crippen molar-refractivity contribution in [2.45, 2.75) is 44.3 Å². The van der Waals surface area contributed by atoms with E-state index in [1.165, 1.54) is 6.42 Å². The summed E-state index contributed by atoms with van der Waals surface area (Å²) in [5.74, 6) is -1.38. The number of imidazole rings is 1. The number of carboxylic acid groups (broad SMARTS) is 1. The molecule has 0 atom stereocenters. The van der Waals surface area contributed by atoms with Crippen molar-refractivity contribution in [3.63, 3.8) is 0 Å². The predicted molar refractivity (Wildman–Crippen MR) is 168 cm³/mol. The largest absolute Gasteiger partial charge is 0.478 e. The Hall–Kier alpha value is -5.45. The van der Waals surface area contributed by atoms with Crippen LogP contribution in [0, 0.1) is 0 Å². The maximum absolute atomic E-state index is 13.3. The van der Waals surface area contributed by atoms with Gasteiger partial charge in [-0.25, -0.2) is 9.78 Å². The molecular weight excluding hydrogens is 597 g/mol. The molecule has 46 heavy (non-hydrogen) atoms. The molecule has 1 saturated carbocycles. The minimum Gasteiger partial charge on any atom is -0.478 e. The zero-order valence-corrected chi connectivity index (χ0v) is 24.5. The van der Waals surface area contributed by atoms with Gasteiger partial charge in [-0.05, 0) is 79.6 Å². The average molecular weight is 627 g/mol. The standard InChI is InChI=1S/C35H29F3N4O4/c36-35(37,38)25-17-14-23(15-18-25)33(44)41-28-9-5-4-8-27(28)40-32(43)22-12-10-21(11-13-22)31-39-29-20-24(34(45)46)16-19-30(29)42(31)26-6-2-1-3-7-26/h4-5,8-20,26H,1-3,6-7H2,(H,40,43)(H,41,44)(H,45,46). The number of amides is 2. The number of nitrogens with one attached hydrogen (secondary N) is 2. The van der Waals surface area contributed by atoms with Crippen LogP contribution in [0.4, 0.5) is 24.5 Å². The fraction of sp³-hybridized carbons (Fsp3) is 0.200. The molecule has 234 valence electrons. The minimum atomic E-state index is -4.51. The van der Waals surface area contributed by atoms with Gasteiger partial charge in [-0.15, -0.1) is 0 Å². The van der Waals surface area contributed by atoms with Gasteiger partial charge in [0, 0.05) is 22.7 Å². The number of aromatic nitrogens is 2. The first-order chi connectivity index (χ1) is 22.1. The van der Waals surface area contributed by atoms with E-state index in [-0.39, 0.29) is 22.9 Å². The number of carbonyl (C=O) groups excluding carboxylic acids is 2. The Morgan fingerprint density at radius 3 is 1.83 bits per heavy atom. The lowest BCUT2D eigenvalue weighted by atomic mass is 9.94. The summed E-state index contributed by atoms with van der Waals surface area (Å²) in [4.78, 5) is 42.4. The molecule has 1 aromatic heterocycles. The summed E-state index contributed by atoms with van der Waals surface area (Å²) < 4.78 is 40.9. The lowest BCUT2D eigenvalue weighted by Gasteiger charge is -2.25. The monoisotopic (exact) mass is 626 g/mol. The summed E-state index contributed by atoms with van der Waals surface area (Å²) in [5.41, 5.74) is 2.51. The number of nitrogens with zero attached hydrogens (tertiary/aromatic N) is 2. The van der Waals surface area contributed by atoms with E-state index >= 15 is 0 Å². The third kappa shape index (κ3) is 6.35. The van der Waals surface area contributed by atoms with E-state index in [1.54, 1.807) is 66.7 Å². The molecule has 1 heterocycles. The molecule has 11 heteroatoms. The van der Waals surface area contributed by atoms with E-state index in [9.17, 15) is 32.7 Å². The van der Waals surface area contributed by atoms with Crippen molar-refractivity contribution in [2.75, 3.05) is 10.6 Å². The Bertz CT molecular complexity index is 1930. The Morgan fingerprint density at radius 2 is 1.28 bits per heavy atom. The van der Waals surface area contributed by atoms with Crippen LogP contribution in [-0.4, -0.2) is 32.4 Å². The van der Waals surface area contributed by atoms with Gasteiger partial charge >= 0.3 is 12.1 Å². The van der Waals surface area contributed by atoms with Crippen LogP contribution in [0.1, 0.15) is 74.8 Å². The summed E-state index contributed by atoms with van der Waals surface area (Å²) >= 11 is 0. The lowest BCUT2D eigenvalue weighted by Crippen LogP contribution is -2.17. The van der Waals surface area contributed by atoms with Crippen molar-refractivity contribution in [1.82, 2.24) is 9.55 Å². The highest BCUT2D eigenvalue weighted by atomic mass is 19.4. The number of carbonyl (C=O) groups is 3. The van der Waals surface area contributed by atoms with Gasteiger partial charge in [0.25, 0.3) is 11.8 Å². The van der Waals surface area contributed by atoms with Crippen LogP contribution in [0.25, 0.3) is 22.4 Å². The maximum Gasteiger partial charge on any atom is 0.416 e. The highest BCUT2D eigenvalue weighted by molar-refractivity contribution is 6.10. The summed E-state index contributed by atoms with van der Waals surface area (Å²) in [7, 11) is 0. The van der Waals surface area contributed by atoms with Crippen molar-refractivity contribution in [2.24, 2.45) is 0 Å². The molecule has 0 unspecified atom stereocenters. The quantitative estimate of drug-likeness (QED) is 0.168. The van der Waals surface area contributed by atoms with Crippen molar-refractivity contribution in [3.05, 3.63) is 113 Å². The zero-order chi connectivity index (χ0) is 32.4. The number of carboxylic acids is 1. The van der Waals surface area contributed by atoms with E-state index in [4.69, 9.17) is 4.98 Å². The number of hydrogen-bond donors (Lipinski definition) is 3. The van der Waals surface area contributed by atoms with Crippen LogP contribution < -0.4 is 10.6 Å². The molecule has 5 aromatic rings. The zero-order valence-electron chi connectivity index (χ0n) is 24.5. The summed E-state index contributed by atoms with van der Waals surface area (Å²) in [6, 6.07) is 22.5. The van der Waals surface area contributed by atoms with Crippen LogP contribution in [0.3, 0.4) is 0 Å². The Balaban J connectivity index is 1.22. The molecular formula is C35H29F3N4O4. The number of para-hydroxylation sites is 2. The molecule has 4 aromatic carbocycles. The van der Waals surface area contributed by atoms with Crippen molar-refractivity contribution in [1.29, 1.82) is 0 Å². The van der Waals surface area contributed by atoms with Crippen molar-refractivity contribution in [3.8, 4) is 11.4 Å². The second-order valence-corrected chi connectivity index (χ2v) is 11.2. The molecule has 6 rings (SSSR count). The summed E-state index contributed by atoms with van der Waals surface area (Å²) in [6.45, 7) is 0. The van der Waals surface area contributed by atoms with Crippen molar-refractivity contribution >= 4 is 40.2 Å². The van der Waals surface area contributed by atoms with E-state index in [2.05, 4.69) is 15.2 Å². The number of rotatable bonds is 7. The van der Waals surface area contributed by atoms with Gasteiger partial charge in [-0.3, -0.25) is 9.59 Å². The molecule has 3 N–H and O–H groups in total. The maximum atomic E-state index is 13.3. The molecule has 0 bridgehead atoms. The number of benzene rings is 4. The van der Waals surface area contributed by atoms with Crippen LogP contribution in [0.15, 0.2) is 91.0 Å². The van der Waals surface area contributed by atoms with Crippen molar-refractivity contribution < 1.29 is 32.7 Å². The number of fused-ring (bicyclic) bond motifs is 1. The Labute approximate surface area is 261 Å². The molecule has 1 aliphatic rings. The summed E-state index contributed by atoms with van der Waals surface area (Å²) in [6.07, 6.45) is 0.849. The van der Waals surface area contributed by atoms with Gasteiger partial charge in [0.1, 0.15) is 5.82 Å². The number of alkyl halides is 3. The van der Waals surface area contributed by atoms with Gasteiger partial charge in [0.15, 0.2) is 0 Å². The van der Waals surface area contributed by atoms with Crippen LogP contribution in [0.5, 0.6) is 0 Å². The van der Waals surface area contributed by atoms with E-state index in [1.807, 2.05) is 0 Å². The lowest BCUT2D eigenvalue weighted by molar-refractivity contribution is -0.137. The van der Waals surface area contributed by atoms with Gasteiger partial charge < -0.3 is 20.3 Å². The molecule has 2 amide bonds. The van der Waals surface area contributed by atoms with Crippen LogP contribution in [0.2, 0.25) is 0 Å².